The van der Waals surface area contributed by atoms with E-state index in [1.54, 1.807) is 0 Å². The van der Waals surface area contributed by atoms with Gasteiger partial charge in [-0.3, -0.25) is 0 Å². The summed E-state index contributed by atoms with van der Waals surface area (Å²) < 4.78 is 0. The number of rotatable bonds is 1. The summed E-state index contributed by atoms with van der Waals surface area (Å²) in [7, 11) is -1.04. The zero-order chi connectivity index (χ0) is 9.35. The van der Waals surface area contributed by atoms with Gasteiger partial charge in [-0.15, -0.1) is 0 Å². The van der Waals surface area contributed by atoms with Gasteiger partial charge in [0.2, 0.25) is 0 Å². The Labute approximate surface area is 75.7 Å². The molecule has 1 heteroatoms. The lowest BCUT2D eigenvalue weighted by Crippen LogP contribution is -1.83. The van der Waals surface area contributed by atoms with Gasteiger partial charge in [0.1, 0.15) is 0 Å². The molecule has 0 aliphatic carbocycles. The highest BCUT2D eigenvalue weighted by Crippen LogP contribution is 2.28. The number of aryl methyl sites for hydroxylation is 2. The Hall–Kier alpha value is -0.690. The molecule has 0 amide bonds. The zero-order valence-electron chi connectivity index (χ0n) is 8.05. The Morgan fingerprint density at radius 3 is 2.08 bits per heavy atom. The van der Waals surface area contributed by atoms with Crippen LogP contribution in [0, 0.1) is 13.8 Å². The zero-order valence-corrected chi connectivity index (χ0v) is 8.87. The molecule has 66 valence electrons. The van der Waals surface area contributed by atoms with Crippen molar-refractivity contribution in [3.63, 3.8) is 0 Å². The van der Waals surface area contributed by atoms with Crippen molar-refractivity contribution in [3.05, 3.63) is 29.3 Å². The first kappa shape index (κ1) is 9.40. The molecular formula is C11H16S. The highest BCUT2D eigenvalue weighted by atomic mass is 32.2. The first-order chi connectivity index (χ1) is 5.41. The molecule has 0 aliphatic heterocycles. The Morgan fingerprint density at radius 2 is 1.67 bits per heavy atom. The van der Waals surface area contributed by atoms with Crippen molar-refractivity contribution in [2.75, 3.05) is 6.26 Å². The molecule has 12 heavy (non-hydrogen) atoms. The van der Waals surface area contributed by atoms with E-state index in [1.807, 2.05) is 0 Å². The van der Waals surface area contributed by atoms with Crippen LogP contribution >= 0.6 is 9.21 Å². The molecule has 0 heterocycles. The molecule has 0 atom stereocenters. The van der Waals surface area contributed by atoms with Gasteiger partial charge in [-0.2, -0.15) is 9.21 Å². The van der Waals surface area contributed by atoms with Crippen molar-refractivity contribution in [1.82, 2.24) is 0 Å². The van der Waals surface area contributed by atoms with Crippen LogP contribution < -0.4 is 0 Å². The van der Waals surface area contributed by atoms with Crippen molar-refractivity contribution in [2.45, 2.75) is 18.7 Å². The molecule has 1 aromatic carbocycles. The van der Waals surface area contributed by atoms with E-state index in [2.05, 4.69) is 50.0 Å². The average molecular weight is 180 g/mol. The summed E-state index contributed by atoms with van der Waals surface area (Å²) in [5.74, 6) is 8.17. The summed E-state index contributed by atoms with van der Waals surface area (Å²) in [5.41, 5.74) is 2.67. The van der Waals surface area contributed by atoms with Gasteiger partial charge in [-0.25, -0.2) is 0 Å². The Bertz CT molecular complexity index is 383. The van der Waals surface area contributed by atoms with Gasteiger partial charge in [0.15, 0.2) is 0 Å². The van der Waals surface area contributed by atoms with Crippen molar-refractivity contribution < 1.29 is 0 Å². The Balaban J connectivity index is 3.33. The van der Waals surface area contributed by atoms with Gasteiger partial charge >= 0.3 is 0 Å². The topological polar surface area (TPSA) is 0 Å². The molecule has 1 rings (SSSR count). The second-order valence-electron chi connectivity index (χ2n) is 3.52. The lowest BCUT2D eigenvalue weighted by atomic mass is 10.1. The van der Waals surface area contributed by atoms with Crippen molar-refractivity contribution in [3.8, 4) is 0 Å². The van der Waals surface area contributed by atoms with E-state index < -0.39 is 9.21 Å². The van der Waals surface area contributed by atoms with Crippen LogP contribution in [0.15, 0.2) is 23.1 Å². The predicted molar refractivity (Wildman–Crippen MR) is 61.9 cm³/mol. The number of hydrogen-bond donors (Lipinski definition) is 0. The average Bonchev–Trinajstić information content (AvgIpc) is 1.92. The summed E-state index contributed by atoms with van der Waals surface area (Å²) in [6, 6.07) is 6.48. The summed E-state index contributed by atoms with van der Waals surface area (Å²) in [6.07, 6.45) is 2.11. The standard InChI is InChI=1S/C11H16S/c1-9-6-7-11(8-10(9)2)12(3,4)5/h6-8H,3-4H2,1-2,5H3. The fourth-order valence-corrected chi connectivity index (χ4v) is 1.88. The van der Waals surface area contributed by atoms with Gasteiger partial charge in [0, 0.05) is 0 Å². The summed E-state index contributed by atoms with van der Waals surface area (Å²) in [4.78, 5) is 1.28. The van der Waals surface area contributed by atoms with Crippen LogP contribution in [0.25, 0.3) is 0 Å². The molecule has 1 aromatic rings. The maximum Gasteiger partial charge on any atom is -0.00388 e. The summed E-state index contributed by atoms with van der Waals surface area (Å²) >= 11 is 0. The smallest absolute Gasteiger partial charge is 0.00388 e. The van der Waals surface area contributed by atoms with Gasteiger partial charge in [0.25, 0.3) is 0 Å². The minimum absolute atomic E-state index is 1.04. The van der Waals surface area contributed by atoms with Crippen LogP contribution in [0.1, 0.15) is 11.1 Å². The lowest BCUT2D eigenvalue weighted by molar-refractivity contribution is 1.28. The van der Waals surface area contributed by atoms with E-state index in [0.29, 0.717) is 0 Å². The van der Waals surface area contributed by atoms with E-state index in [0.717, 1.165) is 0 Å². The molecule has 0 nitrogen and oxygen atoms in total. The SMILES string of the molecule is C=S(=C)(C)c1ccc(C)c(C)c1. The van der Waals surface area contributed by atoms with Crippen LogP contribution in [0.2, 0.25) is 0 Å². The van der Waals surface area contributed by atoms with Crippen molar-refractivity contribution >= 4 is 20.9 Å². The molecule has 0 radical (unpaired) electrons. The number of hydrogen-bond acceptors (Lipinski definition) is 0. The lowest BCUT2D eigenvalue weighted by Gasteiger charge is -2.09. The van der Waals surface area contributed by atoms with Gasteiger partial charge in [-0.05, 0) is 48.3 Å². The van der Waals surface area contributed by atoms with E-state index in [9.17, 15) is 0 Å². The minimum atomic E-state index is -1.04. The maximum atomic E-state index is 4.08. The van der Waals surface area contributed by atoms with Crippen LogP contribution in [-0.4, -0.2) is 18.0 Å². The molecule has 0 saturated carbocycles. The van der Waals surface area contributed by atoms with Crippen LogP contribution in [0.4, 0.5) is 0 Å². The summed E-state index contributed by atoms with van der Waals surface area (Å²) in [5, 5.41) is 0. The van der Waals surface area contributed by atoms with E-state index in [4.69, 9.17) is 0 Å². The number of benzene rings is 1. The van der Waals surface area contributed by atoms with Gasteiger partial charge in [-0.1, -0.05) is 17.8 Å². The third-order valence-electron chi connectivity index (χ3n) is 2.05. The Morgan fingerprint density at radius 1 is 1.08 bits per heavy atom. The molecular weight excluding hydrogens is 164 g/mol. The minimum Gasteiger partial charge on any atom is -0.190 e. The van der Waals surface area contributed by atoms with Crippen molar-refractivity contribution in [2.24, 2.45) is 0 Å². The maximum absolute atomic E-state index is 4.08. The first-order valence-electron chi connectivity index (χ1n) is 3.93. The van der Waals surface area contributed by atoms with Crippen LogP contribution in [0.3, 0.4) is 0 Å². The quantitative estimate of drug-likeness (QED) is 0.583. The molecule has 0 spiro atoms. The normalized spacial score (nSPS) is 11.6. The highest BCUT2D eigenvalue weighted by molar-refractivity contribution is 8.27. The first-order valence-corrected chi connectivity index (χ1v) is 6.31. The van der Waals surface area contributed by atoms with E-state index in [1.165, 1.54) is 16.0 Å². The van der Waals surface area contributed by atoms with Crippen LogP contribution in [0.5, 0.6) is 0 Å². The van der Waals surface area contributed by atoms with E-state index in [-0.39, 0.29) is 0 Å². The fourth-order valence-electron chi connectivity index (χ4n) is 1.02. The molecule has 0 unspecified atom stereocenters. The summed E-state index contributed by atoms with van der Waals surface area (Å²) in [6.45, 7) is 4.25. The molecule has 0 saturated heterocycles. The van der Waals surface area contributed by atoms with Gasteiger partial charge < -0.3 is 0 Å². The monoisotopic (exact) mass is 180 g/mol. The molecule has 0 aromatic heterocycles. The molecule has 0 bridgehead atoms. The third kappa shape index (κ3) is 1.92. The highest BCUT2D eigenvalue weighted by Gasteiger charge is 1.97. The predicted octanol–water partition coefficient (Wildman–Crippen LogP) is 2.96. The second-order valence-corrected chi connectivity index (χ2v) is 6.54. The van der Waals surface area contributed by atoms with Gasteiger partial charge in [0.05, 0.1) is 0 Å². The molecule has 0 fully saturated rings. The molecule has 0 aliphatic rings. The van der Waals surface area contributed by atoms with E-state index >= 15 is 0 Å². The second kappa shape index (κ2) is 2.98. The van der Waals surface area contributed by atoms with Crippen LogP contribution in [-0.2, 0) is 0 Å². The van der Waals surface area contributed by atoms with Crippen molar-refractivity contribution in [1.29, 1.82) is 0 Å². The Kier molecular flexibility index (Phi) is 2.34. The third-order valence-corrected chi connectivity index (χ3v) is 3.44. The largest absolute Gasteiger partial charge is 0.190 e. The molecule has 0 N–H and O–H groups in total. The fraction of sp³-hybridized carbons (Fsp3) is 0.273.